The third-order valence-corrected chi connectivity index (χ3v) is 2.66. The van der Waals surface area contributed by atoms with Crippen LogP contribution >= 0.6 is 0 Å². The maximum atomic E-state index is 11.3. The molecule has 1 heterocycles. The number of H-pyrrole nitrogens is 1. The van der Waals surface area contributed by atoms with Gasteiger partial charge in [-0.3, -0.25) is 10.2 Å². The number of aromatic nitrogens is 1. The first-order valence-electron chi connectivity index (χ1n) is 6.17. The molecule has 0 bridgehead atoms. The van der Waals surface area contributed by atoms with Crippen molar-refractivity contribution >= 4 is 11.4 Å². The lowest BCUT2D eigenvalue weighted by molar-refractivity contribution is 1.13. The van der Waals surface area contributed by atoms with Crippen molar-refractivity contribution in [3.63, 3.8) is 0 Å². The van der Waals surface area contributed by atoms with E-state index in [1.165, 1.54) is 11.6 Å². The molecule has 0 aliphatic carbocycles. The fraction of sp³-hybridized carbons (Fsp3) is 0.200. The number of aromatic amines is 1. The minimum absolute atomic E-state index is 0.126. The lowest BCUT2D eigenvalue weighted by Crippen LogP contribution is -2.08. The number of hydrazone groups is 1. The van der Waals surface area contributed by atoms with Gasteiger partial charge in [-0.1, -0.05) is 30.3 Å². The van der Waals surface area contributed by atoms with Gasteiger partial charge in [0.15, 0.2) is 0 Å². The van der Waals surface area contributed by atoms with E-state index >= 15 is 0 Å². The average Bonchev–Trinajstić information content (AvgIpc) is 2.36. The van der Waals surface area contributed by atoms with Crippen molar-refractivity contribution in [2.45, 2.75) is 20.3 Å². The highest BCUT2D eigenvalue weighted by Crippen LogP contribution is 2.05. The average molecular weight is 255 g/mol. The number of hydrogen-bond acceptors (Lipinski definition) is 3. The minimum atomic E-state index is -0.126. The first-order valence-corrected chi connectivity index (χ1v) is 6.17. The van der Waals surface area contributed by atoms with E-state index in [4.69, 9.17) is 0 Å². The van der Waals surface area contributed by atoms with Gasteiger partial charge in [-0.2, -0.15) is 5.10 Å². The van der Waals surface area contributed by atoms with E-state index < -0.39 is 0 Å². The van der Waals surface area contributed by atoms with Crippen molar-refractivity contribution < 1.29 is 0 Å². The number of nitrogens with one attached hydrogen (secondary N) is 2. The lowest BCUT2D eigenvalue weighted by atomic mass is 10.1. The van der Waals surface area contributed by atoms with Gasteiger partial charge in [0.25, 0.3) is 0 Å². The van der Waals surface area contributed by atoms with Crippen molar-refractivity contribution in [2.75, 3.05) is 5.43 Å². The molecule has 2 N–H and O–H groups in total. The molecule has 0 saturated carbocycles. The van der Waals surface area contributed by atoms with E-state index in [0.29, 0.717) is 5.69 Å². The highest BCUT2D eigenvalue weighted by Gasteiger charge is 1.97. The van der Waals surface area contributed by atoms with Crippen LogP contribution in [0.2, 0.25) is 0 Å². The van der Waals surface area contributed by atoms with Crippen LogP contribution in [-0.4, -0.2) is 10.7 Å². The molecule has 98 valence electrons. The summed E-state index contributed by atoms with van der Waals surface area (Å²) in [5.74, 6) is 0. The van der Waals surface area contributed by atoms with Crippen molar-refractivity contribution in [1.82, 2.24) is 4.98 Å². The maximum Gasteiger partial charge on any atom is 0.250 e. The largest absolute Gasteiger partial charge is 0.326 e. The monoisotopic (exact) mass is 255 g/mol. The zero-order valence-electron chi connectivity index (χ0n) is 11.1. The Labute approximate surface area is 112 Å². The Balaban J connectivity index is 2.03. The zero-order chi connectivity index (χ0) is 13.7. The second-order valence-electron chi connectivity index (χ2n) is 4.54. The molecule has 0 unspecified atom stereocenters. The molecule has 4 nitrogen and oxygen atoms in total. The van der Waals surface area contributed by atoms with Crippen LogP contribution < -0.4 is 11.0 Å². The number of benzene rings is 1. The third-order valence-electron chi connectivity index (χ3n) is 2.66. The fourth-order valence-electron chi connectivity index (χ4n) is 1.84. The van der Waals surface area contributed by atoms with Crippen LogP contribution in [0.25, 0.3) is 0 Å². The van der Waals surface area contributed by atoms with Crippen LogP contribution in [-0.2, 0) is 6.42 Å². The van der Waals surface area contributed by atoms with E-state index in [-0.39, 0.29) is 5.56 Å². The molecule has 1 aromatic heterocycles. The third kappa shape index (κ3) is 4.10. The Hall–Kier alpha value is -2.36. The van der Waals surface area contributed by atoms with Gasteiger partial charge in [-0.25, -0.2) is 0 Å². The minimum Gasteiger partial charge on any atom is -0.326 e. The van der Waals surface area contributed by atoms with Crippen LogP contribution in [0.3, 0.4) is 0 Å². The summed E-state index contributed by atoms with van der Waals surface area (Å²) in [6, 6.07) is 13.5. The van der Waals surface area contributed by atoms with E-state index in [0.717, 1.165) is 17.8 Å². The van der Waals surface area contributed by atoms with Crippen LogP contribution in [0.4, 0.5) is 5.69 Å². The number of nitrogens with zero attached hydrogens (tertiary/aromatic N) is 1. The van der Waals surface area contributed by atoms with E-state index in [2.05, 4.69) is 27.6 Å². The van der Waals surface area contributed by atoms with Gasteiger partial charge in [0.05, 0.1) is 5.69 Å². The van der Waals surface area contributed by atoms with Gasteiger partial charge in [0.1, 0.15) is 0 Å². The molecule has 2 aromatic rings. The highest BCUT2D eigenvalue weighted by atomic mass is 16.1. The molecule has 0 saturated heterocycles. The van der Waals surface area contributed by atoms with Crippen molar-refractivity contribution in [2.24, 2.45) is 5.10 Å². The van der Waals surface area contributed by atoms with Gasteiger partial charge in [-0.15, -0.1) is 0 Å². The van der Waals surface area contributed by atoms with Gasteiger partial charge in [0, 0.05) is 23.9 Å². The number of rotatable bonds is 4. The molecule has 0 aliphatic heterocycles. The smallest absolute Gasteiger partial charge is 0.250 e. The number of anilines is 1. The second kappa shape index (κ2) is 6.00. The first-order chi connectivity index (χ1) is 9.13. The molecule has 2 rings (SSSR count). The standard InChI is InChI=1S/C15H17N3O/c1-11-9-14(10-15(19)16-11)18-17-12(2)8-13-6-4-3-5-7-13/h3-7,9-10H,8H2,1-2H3,(H2,16,18,19)/b17-12-. The molecule has 0 aliphatic rings. The highest BCUT2D eigenvalue weighted by molar-refractivity contribution is 5.84. The van der Waals surface area contributed by atoms with Gasteiger partial charge < -0.3 is 4.98 Å². The number of pyridine rings is 1. The van der Waals surface area contributed by atoms with Crippen LogP contribution in [0, 0.1) is 6.92 Å². The SMILES string of the molecule is C/C(Cc1ccccc1)=N/Nc1cc(C)[nH]c(=O)c1. The summed E-state index contributed by atoms with van der Waals surface area (Å²) in [6.45, 7) is 3.80. The first kappa shape index (κ1) is 13.1. The molecule has 1 aromatic carbocycles. The Bertz CT molecular complexity index is 629. The quantitative estimate of drug-likeness (QED) is 0.652. The Morgan fingerprint density at radius 3 is 2.68 bits per heavy atom. The van der Waals surface area contributed by atoms with Crippen LogP contribution in [0.5, 0.6) is 0 Å². The number of aryl methyl sites for hydroxylation is 1. The van der Waals surface area contributed by atoms with Gasteiger partial charge >= 0.3 is 0 Å². The summed E-state index contributed by atoms with van der Waals surface area (Å²) < 4.78 is 0. The number of hydrogen-bond donors (Lipinski definition) is 2. The molecule has 4 heteroatoms. The summed E-state index contributed by atoms with van der Waals surface area (Å²) in [5, 5.41) is 4.29. The normalized spacial score (nSPS) is 11.4. The van der Waals surface area contributed by atoms with Crippen molar-refractivity contribution in [1.29, 1.82) is 0 Å². The maximum absolute atomic E-state index is 11.3. The Morgan fingerprint density at radius 2 is 2.00 bits per heavy atom. The zero-order valence-corrected chi connectivity index (χ0v) is 11.1. The topological polar surface area (TPSA) is 57.2 Å². The summed E-state index contributed by atoms with van der Waals surface area (Å²) in [4.78, 5) is 14.0. The summed E-state index contributed by atoms with van der Waals surface area (Å²) in [5.41, 5.74) is 6.48. The lowest BCUT2D eigenvalue weighted by Gasteiger charge is -2.04. The molecular weight excluding hydrogens is 238 g/mol. The molecular formula is C15H17N3O. The molecule has 0 atom stereocenters. The van der Waals surface area contributed by atoms with Gasteiger partial charge in [0.2, 0.25) is 5.56 Å². The van der Waals surface area contributed by atoms with E-state index in [9.17, 15) is 4.79 Å². The molecule has 0 fully saturated rings. The summed E-state index contributed by atoms with van der Waals surface area (Å²) in [6.07, 6.45) is 0.788. The van der Waals surface area contributed by atoms with Crippen molar-refractivity contribution in [3.05, 3.63) is 64.1 Å². The van der Waals surface area contributed by atoms with Crippen LogP contribution in [0.1, 0.15) is 18.2 Å². The van der Waals surface area contributed by atoms with E-state index in [1.807, 2.05) is 38.1 Å². The molecule has 0 spiro atoms. The molecule has 0 radical (unpaired) electrons. The summed E-state index contributed by atoms with van der Waals surface area (Å²) in [7, 11) is 0. The predicted octanol–water partition coefficient (Wildman–Crippen LogP) is 2.71. The molecule has 0 amide bonds. The van der Waals surface area contributed by atoms with Crippen molar-refractivity contribution in [3.8, 4) is 0 Å². The van der Waals surface area contributed by atoms with Gasteiger partial charge in [-0.05, 0) is 25.5 Å². The summed E-state index contributed by atoms with van der Waals surface area (Å²) >= 11 is 0. The molecule has 19 heavy (non-hydrogen) atoms. The second-order valence-corrected chi connectivity index (χ2v) is 4.54. The van der Waals surface area contributed by atoms with E-state index in [1.54, 1.807) is 0 Å². The van der Waals surface area contributed by atoms with Crippen LogP contribution in [0.15, 0.2) is 52.4 Å². The Kier molecular flexibility index (Phi) is 4.13. The predicted molar refractivity (Wildman–Crippen MR) is 78.7 cm³/mol. The fourth-order valence-corrected chi connectivity index (χ4v) is 1.84. The Morgan fingerprint density at radius 1 is 1.26 bits per heavy atom.